The summed E-state index contributed by atoms with van der Waals surface area (Å²) < 4.78 is 39.7. The molecule has 0 aliphatic heterocycles. The van der Waals surface area contributed by atoms with E-state index in [2.05, 4.69) is 9.11 Å². The number of nitrogens with zero attached hydrogens (tertiary/aromatic N) is 1. The highest BCUT2D eigenvalue weighted by atomic mass is 32.3. The van der Waals surface area contributed by atoms with Crippen molar-refractivity contribution in [3.05, 3.63) is 54.7 Å². The molecule has 30 heavy (non-hydrogen) atoms. The molecule has 0 aliphatic rings. The third-order valence-electron chi connectivity index (χ3n) is 5.12. The monoisotopic (exact) mass is 448 g/mol. The Balaban J connectivity index is 1.84. The van der Waals surface area contributed by atoms with Gasteiger partial charge in [0.15, 0.2) is 0 Å². The molecule has 0 bridgehead atoms. The third kappa shape index (κ3) is 4.71. The molecule has 1 N–H and O–H groups in total. The highest BCUT2D eigenvalue weighted by Gasteiger charge is 2.32. The van der Waals surface area contributed by atoms with Crippen LogP contribution >= 0.6 is 10.2 Å². The molecular weight excluding hydrogens is 420 g/mol. The van der Waals surface area contributed by atoms with Crippen LogP contribution in [0, 0.1) is 0 Å². The predicted octanol–water partition coefficient (Wildman–Crippen LogP) is 5.09. The fourth-order valence-corrected chi connectivity index (χ4v) is 6.65. The smallest absolute Gasteiger partial charge is 0.248 e. The Morgan fingerprint density at radius 2 is 1.57 bits per heavy atom. The quantitative estimate of drug-likeness (QED) is 0.568. The lowest BCUT2D eigenvalue weighted by Gasteiger charge is -2.44. The Bertz CT molecular complexity index is 1150. The Morgan fingerprint density at radius 3 is 2.17 bits per heavy atom. The van der Waals surface area contributed by atoms with Crippen molar-refractivity contribution in [3.8, 4) is 17.2 Å². The maximum atomic E-state index is 12.8. The van der Waals surface area contributed by atoms with Gasteiger partial charge in [-0.15, -0.1) is 0 Å². The van der Waals surface area contributed by atoms with Crippen LogP contribution in [0.15, 0.2) is 59.6 Å². The van der Waals surface area contributed by atoms with Gasteiger partial charge in [-0.2, -0.15) is 14.3 Å². The minimum atomic E-state index is -3.63. The molecule has 0 aliphatic carbocycles. The first-order valence-corrected chi connectivity index (χ1v) is 13.3. The molecule has 0 fully saturated rings. The number of hydrogen-bond donors (Lipinski definition) is 1. The first kappa shape index (κ1) is 22.4. The van der Waals surface area contributed by atoms with E-state index in [1.165, 1.54) is 0 Å². The molecule has 0 radical (unpaired) electrons. The van der Waals surface area contributed by atoms with Crippen molar-refractivity contribution in [2.24, 2.45) is 0 Å². The van der Waals surface area contributed by atoms with Crippen LogP contribution < -0.4 is 13.6 Å². The first-order chi connectivity index (χ1) is 13.9. The van der Waals surface area contributed by atoms with Gasteiger partial charge in [0.25, 0.3) is 0 Å². The van der Waals surface area contributed by atoms with E-state index in [4.69, 9.17) is 9.47 Å². The number of nitrogens with one attached hydrogen (secondary N) is 1. The highest BCUT2D eigenvalue weighted by Crippen LogP contribution is 2.50. The summed E-state index contributed by atoms with van der Waals surface area (Å²) in [6, 6.07) is 13.8. The predicted molar refractivity (Wildman–Crippen MR) is 124 cm³/mol. The molecule has 2 aromatic carbocycles. The average molecular weight is 449 g/mol. The van der Waals surface area contributed by atoms with Crippen LogP contribution in [0.2, 0.25) is 0 Å². The molecule has 162 valence electrons. The maximum absolute atomic E-state index is 12.8. The summed E-state index contributed by atoms with van der Waals surface area (Å²) in [7, 11) is -3.60. The molecule has 1 heterocycles. The largest absolute Gasteiger partial charge is 0.497 e. The number of benzene rings is 2. The molecule has 0 amide bonds. The van der Waals surface area contributed by atoms with E-state index >= 15 is 0 Å². The zero-order valence-corrected chi connectivity index (χ0v) is 19.7. The number of hydrogen-bond acceptors (Lipinski definition) is 5. The standard InChI is InChI=1S/C22H28N2O4S2/c1-22(2,3)29(5,6)24-30(25,26)18-10-7-16(8-11-18)28-21-13-14-23-20-15-17(27-4)9-12-19(20)21/h7-15,24H,1-6H3. The number of sulfonamides is 1. The minimum absolute atomic E-state index is 0.159. The number of methoxy groups -OCH3 is 1. The molecule has 3 rings (SSSR count). The third-order valence-corrected chi connectivity index (χ3v) is 11.6. The van der Waals surface area contributed by atoms with Gasteiger partial charge >= 0.3 is 0 Å². The molecule has 1 aromatic heterocycles. The van der Waals surface area contributed by atoms with Gasteiger partial charge < -0.3 is 9.47 Å². The Morgan fingerprint density at radius 1 is 0.933 bits per heavy atom. The van der Waals surface area contributed by atoms with Crippen LogP contribution in [-0.4, -0.2) is 37.8 Å². The number of aromatic nitrogens is 1. The molecule has 6 nitrogen and oxygen atoms in total. The van der Waals surface area contributed by atoms with E-state index < -0.39 is 20.2 Å². The lowest BCUT2D eigenvalue weighted by atomic mass is 10.2. The summed E-state index contributed by atoms with van der Waals surface area (Å²) in [6.45, 7) is 6.11. The van der Waals surface area contributed by atoms with E-state index in [1.54, 1.807) is 43.6 Å². The average Bonchev–Trinajstić information content (AvgIpc) is 2.66. The number of fused-ring (bicyclic) bond motifs is 1. The zero-order chi connectivity index (χ0) is 22.2. The molecule has 0 unspecified atom stereocenters. The van der Waals surface area contributed by atoms with Crippen molar-refractivity contribution in [2.75, 3.05) is 19.6 Å². The van der Waals surface area contributed by atoms with E-state index in [9.17, 15) is 8.42 Å². The van der Waals surface area contributed by atoms with Crippen molar-refractivity contribution in [1.29, 1.82) is 0 Å². The van der Waals surface area contributed by atoms with Crippen LogP contribution in [0.3, 0.4) is 0 Å². The summed E-state index contributed by atoms with van der Waals surface area (Å²) in [4.78, 5) is 4.56. The Kier molecular flexibility index (Phi) is 6.04. The van der Waals surface area contributed by atoms with Crippen LogP contribution in [0.5, 0.6) is 17.2 Å². The first-order valence-electron chi connectivity index (χ1n) is 9.40. The van der Waals surface area contributed by atoms with Crippen LogP contribution in [0.4, 0.5) is 0 Å². The highest BCUT2D eigenvalue weighted by molar-refractivity contribution is 8.36. The van der Waals surface area contributed by atoms with E-state index in [0.717, 1.165) is 16.7 Å². The van der Waals surface area contributed by atoms with Crippen molar-refractivity contribution in [3.63, 3.8) is 0 Å². The minimum Gasteiger partial charge on any atom is -0.497 e. The van der Waals surface area contributed by atoms with Crippen molar-refractivity contribution in [2.45, 2.75) is 30.4 Å². The second kappa shape index (κ2) is 8.09. The molecule has 0 saturated heterocycles. The van der Waals surface area contributed by atoms with Crippen LogP contribution in [0.25, 0.3) is 10.9 Å². The summed E-state index contributed by atoms with van der Waals surface area (Å²) in [5, 5.41) is 0.840. The lowest BCUT2D eigenvalue weighted by molar-refractivity contribution is 0.415. The van der Waals surface area contributed by atoms with Gasteiger partial charge in [0.1, 0.15) is 17.2 Å². The van der Waals surface area contributed by atoms with Crippen LogP contribution in [0.1, 0.15) is 20.8 Å². The van der Waals surface area contributed by atoms with E-state index in [0.29, 0.717) is 11.5 Å². The zero-order valence-electron chi connectivity index (χ0n) is 18.1. The van der Waals surface area contributed by atoms with Gasteiger partial charge in [-0.05, 0) is 55.0 Å². The van der Waals surface area contributed by atoms with Gasteiger partial charge in [0.05, 0.1) is 17.5 Å². The topological polar surface area (TPSA) is 77.5 Å². The molecular formula is C22H28N2O4S2. The lowest BCUT2D eigenvalue weighted by Crippen LogP contribution is -2.37. The van der Waals surface area contributed by atoms with Gasteiger partial charge in [-0.1, -0.05) is 20.8 Å². The van der Waals surface area contributed by atoms with Gasteiger partial charge in [0, 0.05) is 22.4 Å². The second-order valence-electron chi connectivity index (χ2n) is 8.29. The Hall–Kier alpha value is -2.29. The summed E-state index contributed by atoms with van der Waals surface area (Å²) >= 11 is 0. The van der Waals surface area contributed by atoms with Crippen molar-refractivity contribution < 1.29 is 17.9 Å². The molecule has 8 heteroatoms. The normalized spacial score (nSPS) is 13.3. The summed E-state index contributed by atoms with van der Waals surface area (Å²) in [6.07, 6.45) is 5.59. The molecule has 0 saturated carbocycles. The molecule has 0 atom stereocenters. The number of rotatable bonds is 6. The summed E-state index contributed by atoms with van der Waals surface area (Å²) in [5.74, 6) is 1.89. The fraction of sp³-hybridized carbons (Fsp3) is 0.318. The van der Waals surface area contributed by atoms with Gasteiger partial charge in [0.2, 0.25) is 10.0 Å². The number of pyridine rings is 1. The van der Waals surface area contributed by atoms with E-state index in [1.807, 2.05) is 51.5 Å². The second-order valence-corrected chi connectivity index (χ2v) is 14.3. The Labute approximate surface area is 180 Å². The SMILES string of the molecule is COc1ccc2c(Oc3ccc(S(=O)(=O)NS(C)(C)C(C)(C)C)cc3)ccnc2c1. The number of ether oxygens (including phenoxy) is 2. The van der Waals surface area contributed by atoms with Gasteiger partial charge in [-0.3, -0.25) is 4.98 Å². The van der Waals surface area contributed by atoms with Crippen LogP contribution in [-0.2, 0) is 10.0 Å². The van der Waals surface area contributed by atoms with Crippen molar-refractivity contribution in [1.82, 2.24) is 9.11 Å². The molecule has 0 spiro atoms. The maximum Gasteiger partial charge on any atom is 0.248 e. The van der Waals surface area contributed by atoms with Crippen molar-refractivity contribution >= 4 is 31.1 Å². The van der Waals surface area contributed by atoms with E-state index in [-0.39, 0.29) is 9.64 Å². The van der Waals surface area contributed by atoms with Gasteiger partial charge in [-0.25, -0.2) is 8.42 Å². The summed E-state index contributed by atoms with van der Waals surface area (Å²) in [5.41, 5.74) is 0.752. The fourth-order valence-electron chi connectivity index (χ4n) is 2.58. The molecule has 3 aromatic rings.